The Morgan fingerprint density at radius 3 is 2.86 bits per heavy atom. The summed E-state index contributed by atoms with van der Waals surface area (Å²) in [6.07, 6.45) is 10.3. The highest BCUT2D eigenvalue weighted by Crippen LogP contribution is 2.23. The van der Waals surface area contributed by atoms with Crippen molar-refractivity contribution in [3.05, 3.63) is 48.7 Å². The quantitative estimate of drug-likeness (QED) is 0.500. The third kappa shape index (κ3) is 4.47. The van der Waals surface area contributed by atoms with Crippen LogP contribution in [0.2, 0.25) is 0 Å². The number of nitrogens with one attached hydrogen (secondary N) is 1. The average Bonchev–Trinajstić information content (AvgIpc) is 2.87. The van der Waals surface area contributed by atoms with Crippen molar-refractivity contribution >= 4 is 10.9 Å². The number of fused-ring (bicyclic) bond motifs is 1. The van der Waals surface area contributed by atoms with Gasteiger partial charge in [-0.3, -0.25) is 0 Å². The highest BCUT2D eigenvalue weighted by atomic mass is 15.0. The third-order valence-electron chi connectivity index (χ3n) is 3.92. The van der Waals surface area contributed by atoms with Crippen molar-refractivity contribution in [1.82, 2.24) is 9.88 Å². The van der Waals surface area contributed by atoms with Gasteiger partial charge in [0, 0.05) is 23.6 Å². The van der Waals surface area contributed by atoms with Gasteiger partial charge in [-0.05, 0) is 56.8 Å². The molecule has 2 rings (SSSR count). The molecule has 0 aliphatic rings. The summed E-state index contributed by atoms with van der Waals surface area (Å²) < 4.78 is 2.38. The molecule has 0 unspecified atom stereocenters. The van der Waals surface area contributed by atoms with Crippen LogP contribution < -0.4 is 5.32 Å². The first-order valence-electron chi connectivity index (χ1n) is 8.25. The highest BCUT2D eigenvalue weighted by molar-refractivity contribution is 5.83. The number of aryl methyl sites for hydroxylation is 2. The van der Waals surface area contributed by atoms with Gasteiger partial charge in [0.15, 0.2) is 0 Å². The van der Waals surface area contributed by atoms with Crippen LogP contribution in [0.4, 0.5) is 0 Å². The van der Waals surface area contributed by atoms with Gasteiger partial charge in [-0.2, -0.15) is 0 Å². The van der Waals surface area contributed by atoms with Gasteiger partial charge in [0.05, 0.1) is 0 Å². The smallest absolute Gasteiger partial charge is 0.0483 e. The third-order valence-corrected chi connectivity index (χ3v) is 3.92. The van der Waals surface area contributed by atoms with Crippen molar-refractivity contribution in [2.45, 2.75) is 45.6 Å². The summed E-state index contributed by atoms with van der Waals surface area (Å²) in [7, 11) is 0. The van der Waals surface area contributed by atoms with E-state index in [2.05, 4.69) is 53.8 Å². The highest BCUT2D eigenvalue weighted by Gasteiger charge is 2.07. The molecule has 2 heteroatoms. The fourth-order valence-corrected chi connectivity index (χ4v) is 2.80. The fourth-order valence-electron chi connectivity index (χ4n) is 2.80. The molecule has 0 fully saturated rings. The molecule has 0 atom stereocenters. The molecule has 2 nitrogen and oxygen atoms in total. The number of nitrogens with zero attached hydrogens (tertiary/aromatic N) is 1. The maximum absolute atomic E-state index is 3.83. The molecule has 0 bridgehead atoms. The minimum atomic E-state index is 1.03. The molecule has 0 amide bonds. The van der Waals surface area contributed by atoms with Crippen LogP contribution in [-0.4, -0.2) is 17.7 Å². The Kier molecular flexibility index (Phi) is 6.55. The van der Waals surface area contributed by atoms with Crippen LogP contribution in [0, 0.1) is 0 Å². The molecule has 2 aromatic rings. The van der Waals surface area contributed by atoms with Crippen LogP contribution >= 0.6 is 0 Å². The first kappa shape index (κ1) is 15.8. The normalized spacial score (nSPS) is 11.1. The zero-order chi connectivity index (χ0) is 14.9. The van der Waals surface area contributed by atoms with Gasteiger partial charge < -0.3 is 9.88 Å². The van der Waals surface area contributed by atoms with Gasteiger partial charge in [0.25, 0.3) is 0 Å². The van der Waals surface area contributed by atoms with E-state index in [9.17, 15) is 0 Å². The maximum atomic E-state index is 3.83. The molecule has 0 radical (unpaired) electrons. The van der Waals surface area contributed by atoms with Crippen LogP contribution in [-0.2, 0) is 13.0 Å². The second-order valence-electron chi connectivity index (χ2n) is 5.65. The molecule has 0 aliphatic carbocycles. The zero-order valence-electron chi connectivity index (χ0n) is 13.3. The second-order valence-corrected chi connectivity index (χ2v) is 5.65. The second kappa shape index (κ2) is 8.68. The van der Waals surface area contributed by atoms with Crippen molar-refractivity contribution in [3.63, 3.8) is 0 Å². The average molecular weight is 284 g/mol. The van der Waals surface area contributed by atoms with Crippen LogP contribution in [0.5, 0.6) is 0 Å². The van der Waals surface area contributed by atoms with E-state index in [1.165, 1.54) is 42.1 Å². The number of para-hydroxylation sites is 1. The van der Waals surface area contributed by atoms with E-state index >= 15 is 0 Å². The Morgan fingerprint density at radius 1 is 1.19 bits per heavy atom. The Balaban J connectivity index is 1.97. The summed E-state index contributed by atoms with van der Waals surface area (Å²) in [5.74, 6) is 0. The maximum Gasteiger partial charge on any atom is 0.0483 e. The summed E-state index contributed by atoms with van der Waals surface area (Å²) in [6, 6.07) is 8.76. The molecule has 1 N–H and O–H groups in total. The van der Waals surface area contributed by atoms with Crippen molar-refractivity contribution < 1.29 is 0 Å². The van der Waals surface area contributed by atoms with Gasteiger partial charge in [0.1, 0.15) is 0 Å². The van der Waals surface area contributed by atoms with Gasteiger partial charge in [-0.1, -0.05) is 31.2 Å². The zero-order valence-corrected chi connectivity index (χ0v) is 13.3. The monoisotopic (exact) mass is 284 g/mol. The van der Waals surface area contributed by atoms with E-state index in [1.807, 2.05) is 6.08 Å². The molecule has 114 valence electrons. The van der Waals surface area contributed by atoms with E-state index < -0.39 is 0 Å². The van der Waals surface area contributed by atoms with Gasteiger partial charge >= 0.3 is 0 Å². The van der Waals surface area contributed by atoms with Crippen molar-refractivity contribution in [1.29, 1.82) is 0 Å². The van der Waals surface area contributed by atoms with E-state index in [4.69, 9.17) is 0 Å². The summed E-state index contributed by atoms with van der Waals surface area (Å²) in [4.78, 5) is 0. The lowest BCUT2D eigenvalue weighted by atomic mass is 10.1. The molecule has 0 saturated heterocycles. The van der Waals surface area contributed by atoms with Crippen molar-refractivity contribution in [2.75, 3.05) is 13.1 Å². The number of allylic oxidation sites excluding steroid dienone is 1. The van der Waals surface area contributed by atoms with Gasteiger partial charge in [0.2, 0.25) is 0 Å². The van der Waals surface area contributed by atoms with Gasteiger partial charge in [-0.15, -0.1) is 6.58 Å². The molecule has 1 aromatic carbocycles. The van der Waals surface area contributed by atoms with Crippen molar-refractivity contribution in [2.24, 2.45) is 0 Å². The van der Waals surface area contributed by atoms with Crippen molar-refractivity contribution in [3.8, 4) is 0 Å². The number of hydrogen-bond acceptors (Lipinski definition) is 1. The molecule has 1 aromatic heterocycles. The predicted octanol–water partition coefficient (Wildman–Crippen LogP) is 4.54. The predicted molar refractivity (Wildman–Crippen MR) is 92.9 cm³/mol. The molecule has 0 aliphatic heterocycles. The summed E-state index contributed by atoms with van der Waals surface area (Å²) in [5, 5.41) is 4.89. The topological polar surface area (TPSA) is 17.0 Å². The molecular formula is C19H28N2. The summed E-state index contributed by atoms with van der Waals surface area (Å²) in [5.41, 5.74) is 2.85. The van der Waals surface area contributed by atoms with Crippen LogP contribution in [0.15, 0.2) is 43.1 Å². The minimum Gasteiger partial charge on any atom is -0.347 e. The minimum absolute atomic E-state index is 1.03. The van der Waals surface area contributed by atoms with Crippen LogP contribution in [0.3, 0.4) is 0 Å². The molecule has 0 spiro atoms. The number of benzene rings is 1. The first-order valence-corrected chi connectivity index (χ1v) is 8.25. The lowest BCUT2D eigenvalue weighted by Crippen LogP contribution is -2.15. The number of hydrogen-bond donors (Lipinski definition) is 1. The SMILES string of the molecule is C=CCCn1cc(CCCCNCCC)c2ccccc21. The Bertz CT molecular complexity index is 554. The summed E-state index contributed by atoms with van der Waals surface area (Å²) in [6.45, 7) is 9.35. The molecule has 1 heterocycles. The lowest BCUT2D eigenvalue weighted by molar-refractivity contribution is 0.616. The van der Waals surface area contributed by atoms with E-state index in [0.29, 0.717) is 0 Å². The van der Waals surface area contributed by atoms with Gasteiger partial charge in [-0.25, -0.2) is 0 Å². The van der Waals surface area contributed by atoms with E-state index in [1.54, 1.807) is 0 Å². The Morgan fingerprint density at radius 2 is 2.05 bits per heavy atom. The largest absolute Gasteiger partial charge is 0.347 e. The van der Waals surface area contributed by atoms with E-state index in [0.717, 1.165) is 26.1 Å². The molecular weight excluding hydrogens is 256 g/mol. The molecule has 0 saturated carbocycles. The van der Waals surface area contributed by atoms with Crippen LogP contribution in [0.25, 0.3) is 10.9 Å². The first-order chi connectivity index (χ1) is 10.4. The summed E-state index contributed by atoms with van der Waals surface area (Å²) >= 11 is 0. The molecule has 21 heavy (non-hydrogen) atoms. The lowest BCUT2D eigenvalue weighted by Gasteiger charge is -2.02. The van der Waals surface area contributed by atoms with E-state index in [-0.39, 0.29) is 0 Å². The standard InChI is InChI=1S/C19H28N2/c1-3-5-15-21-16-17(10-8-9-14-20-13-4-2)18-11-6-7-12-19(18)21/h3,6-7,11-12,16,20H,1,4-5,8-10,13-15H2,2H3. The van der Waals surface area contributed by atoms with Crippen LogP contribution in [0.1, 0.15) is 38.2 Å². The number of unbranched alkanes of at least 4 members (excludes halogenated alkanes) is 1. The Labute approximate surface area is 128 Å². The fraction of sp³-hybridized carbons (Fsp3) is 0.474. The Hall–Kier alpha value is -1.54. The number of aromatic nitrogens is 1. The number of rotatable bonds is 10.